The number of nitrogens with one attached hydrogen (secondary N) is 1. The van der Waals surface area contributed by atoms with Gasteiger partial charge in [-0.1, -0.05) is 36.4 Å². The molecule has 0 aromatic heterocycles. The first-order valence-electron chi connectivity index (χ1n) is 9.89. The highest BCUT2D eigenvalue weighted by Gasteiger charge is 2.15. The van der Waals surface area contributed by atoms with E-state index in [0.29, 0.717) is 18.9 Å². The number of hydrogen-bond donors (Lipinski definition) is 1. The molecule has 0 spiro atoms. The van der Waals surface area contributed by atoms with Crippen LogP contribution in [0.2, 0.25) is 0 Å². The summed E-state index contributed by atoms with van der Waals surface area (Å²) in [5.74, 6) is 0.993. The topological polar surface area (TPSA) is 47.6 Å². The van der Waals surface area contributed by atoms with Gasteiger partial charge in [0.15, 0.2) is 6.10 Å². The number of hydrogen-bond acceptors (Lipinski definition) is 3. The molecule has 30 heavy (non-hydrogen) atoms. The molecule has 156 valence electrons. The fraction of sp³-hybridized carbons (Fsp3) is 0.240. The van der Waals surface area contributed by atoms with Crippen LogP contribution in [0.25, 0.3) is 0 Å². The molecule has 0 aliphatic heterocycles. The highest BCUT2D eigenvalue weighted by atomic mass is 19.1. The maximum Gasteiger partial charge on any atom is 0.261 e. The summed E-state index contributed by atoms with van der Waals surface area (Å²) >= 11 is 0. The van der Waals surface area contributed by atoms with Crippen LogP contribution in [0.3, 0.4) is 0 Å². The Morgan fingerprint density at radius 2 is 1.63 bits per heavy atom. The van der Waals surface area contributed by atoms with Crippen LogP contribution in [0.5, 0.6) is 11.5 Å². The summed E-state index contributed by atoms with van der Waals surface area (Å²) in [6.45, 7) is 6.50. The van der Waals surface area contributed by atoms with Crippen molar-refractivity contribution in [2.24, 2.45) is 0 Å². The van der Waals surface area contributed by atoms with Crippen LogP contribution in [0.1, 0.15) is 29.2 Å². The summed E-state index contributed by atoms with van der Waals surface area (Å²) < 4.78 is 24.5. The van der Waals surface area contributed by atoms with E-state index in [1.807, 2.05) is 56.3 Å². The Hall–Kier alpha value is -3.34. The maximum absolute atomic E-state index is 12.9. The predicted octanol–water partition coefficient (Wildman–Crippen LogP) is 5.11. The average molecular weight is 407 g/mol. The molecule has 3 rings (SSSR count). The lowest BCUT2D eigenvalue weighted by Gasteiger charge is -2.17. The Morgan fingerprint density at radius 3 is 2.33 bits per heavy atom. The smallest absolute Gasteiger partial charge is 0.261 e. The predicted molar refractivity (Wildman–Crippen MR) is 115 cm³/mol. The Bertz CT molecular complexity index is 984. The lowest BCUT2D eigenvalue weighted by molar-refractivity contribution is -0.127. The molecule has 5 heteroatoms. The second-order valence-electron chi connectivity index (χ2n) is 7.24. The normalized spacial score (nSPS) is 11.6. The zero-order valence-corrected chi connectivity index (χ0v) is 17.4. The van der Waals surface area contributed by atoms with Gasteiger partial charge in [-0.15, -0.1) is 0 Å². The van der Waals surface area contributed by atoms with E-state index >= 15 is 0 Å². The van der Waals surface area contributed by atoms with Crippen LogP contribution < -0.4 is 14.8 Å². The van der Waals surface area contributed by atoms with Gasteiger partial charge >= 0.3 is 0 Å². The first kappa shape index (κ1) is 21.4. The van der Waals surface area contributed by atoms with E-state index in [2.05, 4.69) is 5.32 Å². The molecule has 0 saturated carbocycles. The van der Waals surface area contributed by atoms with Gasteiger partial charge in [-0.3, -0.25) is 4.79 Å². The Kier molecular flexibility index (Phi) is 7.07. The summed E-state index contributed by atoms with van der Waals surface area (Å²) in [5.41, 5.74) is 4.01. The van der Waals surface area contributed by atoms with E-state index in [-0.39, 0.29) is 11.7 Å². The SMILES string of the molecule is Cc1cccc(OC(C)C(=O)NCc2ccc(OCc3ccc(F)cc3)cc2)c1C. The summed E-state index contributed by atoms with van der Waals surface area (Å²) in [6, 6.07) is 19.5. The van der Waals surface area contributed by atoms with Crippen molar-refractivity contribution in [2.45, 2.75) is 40.0 Å². The number of carbonyl (C=O) groups excluding carboxylic acids is 1. The third-order valence-corrected chi connectivity index (χ3v) is 4.94. The fourth-order valence-corrected chi connectivity index (χ4v) is 2.88. The molecule has 0 aliphatic rings. The van der Waals surface area contributed by atoms with Crippen molar-refractivity contribution in [3.8, 4) is 11.5 Å². The van der Waals surface area contributed by atoms with Gasteiger partial charge in [0, 0.05) is 6.54 Å². The summed E-state index contributed by atoms with van der Waals surface area (Å²) in [7, 11) is 0. The Morgan fingerprint density at radius 1 is 0.967 bits per heavy atom. The van der Waals surface area contributed by atoms with E-state index < -0.39 is 6.10 Å². The van der Waals surface area contributed by atoms with Crippen LogP contribution in [-0.2, 0) is 17.9 Å². The minimum Gasteiger partial charge on any atom is -0.489 e. The minimum atomic E-state index is -0.594. The average Bonchev–Trinajstić information content (AvgIpc) is 2.75. The molecule has 0 bridgehead atoms. The largest absolute Gasteiger partial charge is 0.489 e. The zero-order valence-electron chi connectivity index (χ0n) is 17.4. The van der Waals surface area contributed by atoms with Gasteiger partial charge in [-0.2, -0.15) is 0 Å². The van der Waals surface area contributed by atoms with Crippen molar-refractivity contribution in [2.75, 3.05) is 0 Å². The van der Waals surface area contributed by atoms with Gasteiger partial charge < -0.3 is 14.8 Å². The molecule has 0 fully saturated rings. The zero-order chi connectivity index (χ0) is 21.5. The molecular formula is C25H26FNO3. The van der Waals surface area contributed by atoms with Crippen molar-refractivity contribution in [1.82, 2.24) is 5.32 Å². The number of rotatable bonds is 8. The molecule has 0 aliphatic carbocycles. The number of aryl methyl sites for hydroxylation is 1. The Balaban J connectivity index is 1.47. The third kappa shape index (κ3) is 5.83. The molecule has 4 nitrogen and oxygen atoms in total. The highest BCUT2D eigenvalue weighted by Crippen LogP contribution is 2.22. The molecule has 0 heterocycles. The number of carbonyl (C=O) groups is 1. The van der Waals surface area contributed by atoms with E-state index in [4.69, 9.17) is 9.47 Å². The van der Waals surface area contributed by atoms with Crippen LogP contribution >= 0.6 is 0 Å². The van der Waals surface area contributed by atoms with E-state index in [0.717, 1.165) is 28.0 Å². The first-order valence-corrected chi connectivity index (χ1v) is 9.89. The third-order valence-electron chi connectivity index (χ3n) is 4.94. The number of benzene rings is 3. The van der Waals surface area contributed by atoms with Gasteiger partial charge in [-0.05, 0) is 73.4 Å². The Labute approximate surface area is 176 Å². The number of ether oxygens (including phenoxy) is 2. The standard InChI is InChI=1S/C25H26FNO3/c1-17-5-4-6-24(18(17)2)30-19(3)25(28)27-15-20-9-13-23(14-10-20)29-16-21-7-11-22(26)12-8-21/h4-14,19H,15-16H2,1-3H3,(H,27,28). The van der Waals surface area contributed by atoms with Gasteiger partial charge in [0.2, 0.25) is 0 Å². The summed E-state index contributed by atoms with van der Waals surface area (Å²) in [6.07, 6.45) is -0.594. The van der Waals surface area contributed by atoms with Crippen LogP contribution in [0.15, 0.2) is 66.7 Å². The van der Waals surface area contributed by atoms with Crippen LogP contribution in [0.4, 0.5) is 4.39 Å². The van der Waals surface area contributed by atoms with Crippen molar-refractivity contribution in [1.29, 1.82) is 0 Å². The summed E-state index contributed by atoms with van der Waals surface area (Å²) in [4.78, 5) is 12.4. The van der Waals surface area contributed by atoms with Crippen molar-refractivity contribution in [3.05, 3.63) is 94.8 Å². The monoisotopic (exact) mass is 407 g/mol. The highest BCUT2D eigenvalue weighted by molar-refractivity contribution is 5.80. The van der Waals surface area contributed by atoms with Crippen LogP contribution in [-0.4, -0.2) is 12.0 Å². The second-order valence-corrected chi connectivity index (χ2v) is 7.24. The van der Waals surface area contributed by atoms with E-state index in [9.17, 15) is 9.18 Å². The molecule has 0 radical (unpaired) electrons. The molecule has 1 amide bonds. The second kappa shape index (κ2) is 9.92. The van der Waals surface area contributed by atoms with Gasteiger partial charge in [0.1, 0.15) is 23.9 Å². The van der Waals surface area contributed by atoms with E-state index in [1.165, 1.54) is 12.1 Å². The molecule has 1 atom stereocenters. The van der Waals surface area contributed by atoms with Gasteiger partial charge in [-0.25, -0.2) is 4.39 Å². The minimum absolute atomic E-state index is 0.174. The molecule has 3 aromatic rings. The first-order chi connectivity index (χ1) is 14.4. The maximum atomic E-state index is 12.9. The molecule has 1 N–H and O–H groups in total. The fourth-order valence-electron chi connectivity index (χ4n) is 2.88. The van der Waals surface area contributed by atoms with Gasteiger partial charge in [0.25, 0.3) is 5.91 Å². The van der Waals surface area contributed by atoms with Crippen LogP contribution in [0, 0.1) is 19.7 Å². The van der Waals surface area contributed by atoms with Crippen molar-refractivity contribution in [3.63, 3.8) is 0 Å². The van der Waals surface area contributed by atoms with Crippen molar-refractivity contribution >= 4 is 5.91 Å². The lowest BCUT2D eigenvalue weighted by Crippen LogP contribution is -2.36. The number of amides is 1. The molecule has 0 saturated heterocycles. The van der Waals surface area contributed by atoms with Crippen molar-refractivity contribution < 1.29 is 18.7 Å². The lowest BCUT2D eigenvalue weighted by atomic mass is 10.1. The molecular weight excluding hydrogens is 381 g/mol. The number of halogens is 1. The van der Waals surface area contributed by atoms with E-state index in [1.54, 1.807) is 19.1 Å². The molecule has 3 aromatic carbocycles. The summed E-state index contributed by atoms with van der Waals surface area (Å²) in [5, 5.41) is 2.90. The quantitative estimate of drug-likeness (QED) is 0.565. The van der Waals surface area contributed by atoms with Gasteiger partial charge in [0.05, 0.1) is 0 Å². The molecule has 1 unspecified atom stereocenters.